The van der Waals surface area contributed by atoms with E-state index >= 15 is 0 Å². The van der Waals surface area contributed by atoms with Crippen LogP contribution in [0.5, 0.6) is 0 Å². The van der Waals surface area contributed by atoms with Crippen LogP contribution in [0, 0.1) is 12.8 Å². The Hall–Kier alpha value is -0.350. The normalized spacial score (nSPS) is 15.3. The molecule has 1 rings (SSSR count). The van der Waals surface area contributed by atoms with Gasteiger partial charge in [-0.15, -0.1) is 0 Å². The predicted molar refractivity (Wildman–Crippen MR) is 66.9 cm³/mol. The number of aryl methyl sites for hydroxylation is 2. The maximum Gasteiger partial charge on any atom is 0.0738 e. The van der Waals surface area contributed by atoms with Gasteiger partial charge >= 0.3 is 0 Å². The Labute approximate surface area is 100 Å². The molecular weight excluding hydrogens is 254 g/mol. The summed E-state index contributed by atoms with van der Waals surface area (Å²) in [6, 6.07) is 0.220. The highest BCUT2D eigenvalue weighted by molar-refractivity contribution is 9.10. The average Bonchev–Trinajstić information content (AvgIpc) is 2.45. The summed E-state index contributed by atoms with van der Waals surface area (Å²) in [7, 11) is 0. The second-order valence-corrected chi connectivity index (χ2v) is 5.00. The van der Waals surface area contributed by atoms with Crippen molar-refractivity contribution in [3.63, 3.8) is 0 Å². The van der Waals surface area contributed by atoms with E-state index in [1.54, 1.807) is 0 Å². The number of nitrogens with two attached hydrogens (primary N) is 1. The lowest BCUT2D eigenvalue weighted by Crippen LogP contribution is -2.26. The van der Waals surface area contributed by atoms with Crippen LogP contribution in [0.15, 0.2) is 4.47 Å². The van der Waals surface area contributed by atoms with Crippen LogP contribution < -0.4 is 5.73 Å². The van der Waals surface area contributed by atoms with E-state index in [2.05, 4.69) is 46.5 Å². The Balaban J connectivity index is 2.92. The summed E-state index contributed by atoms with van der Waals surface area (Å²) in [5, 5.41) is 4.47. The number of aromatic nitrogens is 2. The number of rotatable bonds is 4. The van der Waals surface area contributed by atoms with E-state index < -0.39 is 0 Å². The summed E-state index contributed by atoms with van der Waals surface area (Å²) < 4.78 is 3.19. The van der Waals surface area contributed by atoms with Crippen molar-refractivity contribution in [3.05, 3.63) is 15.9 Å². The molecule has 0 aliphatic rings. The first kappa shape index (κ1) is 12.7. The monoisotopic (exact) mass is 273 g/mol. The molecule has 2 unspecified atom stereocenters. The highest BCUT2D eigenvalue weighted by Crippen LogP contribution is 2.24. The highest BCUT2D eigenvalue weighted by Gasteiger charge is 2.16. The van der Waals surface area contributed by atoms with Gasteiger partial charge in [0.1, 0.15) is 0 Å². The lowest BCUT2D eigenvalue weighted by Gasteiger charge is -2.16. The summed E-state index contributed by atoms with van der Waals surface area (Å²) in [5.74, 6) is 0.475. The van der Waals surface area contributed by atoms with Crippen molar-refractivity contribution >= 4 is 15.9 Å². The third kappa shape index (κ3) is 2.82. The molecule has 86 valence electrons. The van der Waals surface area contributed by atoms with Crippen LogP contribution in [0.25, 0.3) is 0 Å². The van der Waals surface area contributed by atoms with Gasteiger partial charge in [-0.3, -0.25) is 4.68 Å². The topological polar surface area (TPSA) is 43.8 Å². The molecule has 4 heteroatoms. The Bertz CT molecular complexity index is 331. The minimum atomic E-state index is 0.220. The summed E-state index contributed by atoms with van der Waals surface area (Å²) >= 11 is 3.60. The predicted octanol–water partition coefficient (Wildman–Crippen LogP) is 2.50. The molecule has 0 aromatic carbocycles. The van der Waals surface area contributed by atoms with Crippen LogP contribution in [0.3, 0.4) is 0 Å². The first-order chi connectivity index (χ1) is 6.97. The minimum absolute atomic E-state index is 0.220. The van der Waals surface area contributed by atoms with Crippen molar-refractivity contribution in [2.75, 3.05) is 0 Å². The molecule has 1 aromatic rings. The molecule has 0 radical (unpaired) electrons. The third-order valence-corrected chi connectivity index (χ3v) is 3.90. The molecule has 0 aliphatic carbocycles. The van der Waals surface area contributed by atoms with Crippen LogP contribution in [0.1, 0.15) is 32.2 Å². The molecule has 0 saturated carbocycles. The van der Waals surface area contributed by atoms with Crippen molar-refractivity contribution in [1.29, 1.82) is 0 Å². The molecule has 0 amide bonds. The number of halogens is 1. The van der Waals surface area contributed by atoms with Gasteiger partial charge in [0.05, 0.1) is 15.9 Å². The zero-order chi connectivity index (χ0) is 11.6. The van der Waals surface area contributed by atoms with Crippen LogP contribution >= 0.6 is 15.9 Å². The number of hydrogen-bond donors (Lipinski definition) is 1. The van der Waals surface area contributed by atoms with Crippen LogP contribution in [0.2, 0.25) is 0 Å². The number of nitrogens with zero attached hydrogens (tertiary/aromatic N) is 2. The van der Waals surface area contributed by atoms with Gasteiger partial charge in [0, 0.05) is 12.6 Å². The van der Waals surface area contributed by atoms with Crippen molar-refractivity contribution in [1.82, 2.24) is 9.78 Å². The molecule has 0 fully saturated rings. The molecule has 2 N–H and O–H groups in total. The molecule has 0 aliphatic heterocycles. The van der Waals surface area contributed by atoms with Gasteiger partial charge in [-0.05, 0) is 49.0 Å². The highest BCUT2D eigenvalue weighted by atomic mass is 79.9. The van der Waals surface area contributed by atoms with Gasteiger partial charge in [-0.25, -0.2) is 0 Å². The molecule has 1 aromatic heterocycles. The van der Waals surface area contributed by atoms with Gasteiger partial charge in [0.15, 0.2) is 0 Å². The van der Waals surface area contributed by atoms with E-state index in [-0.39, 0.29) is 6.04 Å². The van der Waals surface area contributed by atoms with Gasteiger partial charge < -0.3 is 5.73 Å². The Morgan fingerprint density at radius 3 is 2.53 bits per heavy atom. The zero-order valence-electron chi connectivity index (χ0n) is 9.92. The maximum absolute atomic E-state index is 5.89. The van der Waals surface area contributed by atoms with E-state index in [9.17, 15) is 0 Å². The molecular formula is C11H20BrN3. The summed E-state index contributed by atoms with van der Waals surface area (Å²) in [4.78, 5) is 0. The quantitative estimate of drug-likeness (QED) is 0.916. The second-order valence-electron chi connectivity index (χ2n) is 4.20. The molecule has 3 nitrogen and oxygen atoms in total. The molecule has 0 spiro atoms. The smallest absolute Gasteiger partial charge is 0.0738 e. The van der Waals surface area contributed by atoms with Crippen LogP contribution in [0.4, 0.5) is 0 Å². The zero-order valence-corrected chi connectivity index (χ0v) is 11.5. The largest absolute Gasteiger partial charge is 0.328 e. The van der Waals surface area contributed by atoms with E-state index in [0.29, 0.717) is 5.92 Å². The van der Waals surface area contributed by atoms with E-state index in [1.807, 2.05) is 6.92 Å². The van der Waals surface area contributed by atoms with Crippen molar-refractivity contribution in [3.8, 4) is 0 Å². The molecule has 0 saturated heterocycles. The minimum Gasteiger partial charge on any atom is -0.328 e. The van der Waals surface area contributed by atoms with Crippen molar-refractivity contribution in [2.24, 2.45) is 11.7 Å². The molecule has 0 bridgehead atoms. The number of hydrogen-bond acceptors (Lipinski definition) is 2. The average molecular weight is 274 g/mol. The van der Waals surface area contributed by atoms with E-state index in [0.717, 1.165) is 23.1 Å². The fourth-order valence-corrected chi connectivity index (χ4v) is 2.00. The first-order valence-electron chi connectivity index (χ1n) is 5.44. The Morgan fingerprint density at radius 1 is 1.47 bits per heavy atom. The van der Waals surface area contributed by atoms with Gasteiger partial charge in [-0.2, -0.15) is 5.10 Å². The maximum atomic E-state index is 5.89. The lowest BCUT2D eigenvalue weighted by atomic mass is 9.98. The fraction of sp³-hybridized carbons (Fsp3) is 0.727. The lowest BCUT2D eigenvalue weighted by molar-refractivity contribution is 0.459. The van der Waals surface area contributed by atoms with Crippen molar-refractivity contribution in [2.45, 2.75) is 46.7 Å². The standard InChI is InChI=1S/C11H20BrN3/c1-5-15-10(6-7(2)8(3)13)11(12)9(4)14-15/h7-8H,5-6,13H2,1-4H3. The molecule has 15 heavy (non-hydrogen) atoms. The molecule has 2 atom stereocenters. The first-order valence-corrected chi connectivity index (χ1v) is 6.24. The second kappa shape index (κ2) is 5.12. The molecule has 1 heterocycles. The Kier molecular flexibility index (Phi) is 4.34. The van der Waals surface area contributed by atoms with Gasteiger partial charge in [-0.1, -0.05) is 6.92 Å². The fourth-order valence-electron chi connectivity index (χ4n) is 1.55. The summed E-state index contributed by atoms with van der Waals surface area (Å²) in [5.41, 5.74) is 8.21. The van der Waals surface area contributed by atoms with Gasteiger partial charge in [0.2, 0.25) is 0 Å². The van der Waals surface area contributed by atoms with Gasteiger partial charge in [0.25, 0.3) is 0 Å². The van der Waals surface area contributed by atoms with Crippen molar-refractivity contribution < 1.29 is 0 Å². The van der Waals surface area contributed by atoms with E-state index in [4.69, 9.17) is 5.73 Å². The van der Waals surface area contributed by atoms with Crippen LogP contribution in [-0.2, 0) is 13.0 Å². The van der Waals surface area contributed by atoms with E-state index in [1.165, 1.54) is 5.69 Å². The summed E-state index contributed by atoms with van der Waals surface area (Å²) in [6.45, 7) is 9.28. The van der Waals surface area contributed by atoms with Crippen LogP contribution in [-0.4, -0.2) is 15.8 Å². The third-order valence-electron chi connectivity index (χ3n) is 2.87. The summed E-state index contributed by atoms with van der Waals surface area (Å²) in [6.07, 6.45) is 0.979. The SMILES string of the molecule is CCn1nc(C)c(Br)c1CC(C)C(C)N. The Morgan fingerprint density at radius 2 is 2.07 bits per heavy atom.